The van der Waals surface area contributed by atoms with E-state index in [1.807, 2.05) is 68.4 Å². The molecule has 212 valence electrons. The lowest BCUT2D eigenvalue weighted by Gasteiger charge is -2.24. The molecule has 6 rings (SSSR count). The van der Waals surface area contributed by atoms with Crippen molar-refractivity contribution in [2.45, 2.75) is 45.4 Å². The van der Waals surface area contributed by atoms with Gasteiger partial charge < -0.3 is 14.4 Å². The molecule has 0 saturated carbocycles. The lowest BCUT2D eigenvalue weighted by molar-refractivity contribution is 0.0631. The molecule has 2 aliphatic rings. The number of anilines is 1. The van der Waals surface area contributed by atoms with Gasteiger partial charge in [-0.25, -0.2) is 0 Å². The largest absolute Gasteiger partial charge is 0.493 e. The summed E-state index contributed by atoms with van der Waals surface area (Å²) in [7, 11) is 1.60. The molecule has 7 nitrogen and oxygen atoms in total. The number of imide groups is 1. The van der Waals surface area contributed by atoms with Crippen LogP contribution in [0, 0.1) is 0 Å². The Morgan fingerprint density at radius 1 is 0.881 bits per heavy atom. The summed E-state index contributed by atoms with van der Waals surface area (Å²) in [4.78, 5) is 43.0. The van der Waals surface area contributed by atoms with Gasteiger partial charge in [0.05, 0.1) is 25.8 Å². The lowest BCUT2D eigenvalue weighted by atomic mass is 10.0. The molecule has 0 aromatic heterocycles. The van der Waals surface area contributed by atoms with Crippen molar-refractivity contribution in [3.63, 3.8) is 0 Å². The third-order valence-corrected chi connectivity index (χ3v) is 8.09. The van der Waals surface area contributed by atoms with Gasteiger partial charge in [0.2, 0.25) is 0 Å². The predicted molar refractivity (Wildman–Crippen MR) is 160 cm³/mol. The zero-order valence-electron chi connectivity index (χ0n) is 23.9. The fraction of sp³-hybridized carbons (Fsp3) is 0.229. The smallest absolute Gasteiger partial charge is 0.261 e. The van der Waals surface area contributed by atoms with Gasteiger partial charge in [-0.2, -0.15) is 0 Å². The maximum Gasteiger partial charge on any atom is 0.261 e. The normalized spacial score (nSPS) is 16.3. The average molecular weight is 561 g/mol. The van der Waals surface area contributed by atoms with Crippen LogP contribution in [0.1, 0.15) is 74.1 Å². The number of rotatable bonds is 8. The zero-order valence-corrected chi connectivity index (χ0v) is 23.9. The van der Waals surface area contributed by atoms with Crippen molar-refractivity contribution >= 4 is 23.4 Å². The summed E-state index contributed by atoms with van der Waals surface area (Å²) in [6.45, 7) is 4.20. The summed E-state index contributed by atoms with van der Waals surface area (Å²) >= 11 is 0. The summed E-state index contributed by atoms with van der Waals surface area (Å²) in [6, 6.07) is 27.8. The fourth-order valence-corrected chi connectivity index (χ4v) is 5.80. The van der Waals surface area contributed by atoms with Crippen LogP contribution in [0.15, 0.2) is 91.0 Å². The van der Waals surface area contributed by atoms with Gasteiger partial charge in [0, 0.05) is 28.4 Å². The summed E-state index contributed by atoms with van der Waals surface area (Å²) in [5.41, 5.74) is 4.86. The first-order valence-corrected chi connectivity index (χ1v) is 14.2. The number of carbonyl (C=O) groups excluding carboxylic acids is 3. The number of carbonyl (C=O) groups is 3. The second kappa shape index (κ2) is 11.2. The van der Waals surface area contributed by atoms with E-state index >= 15 is 0 Å². The van der Waals surface area contributed by atoms with Crippen molar-refractivity contribution in [2.75, 3.05) is 12.0 Å². The average Bonchev–Trinajstić information content (AvgIpc) is 3.48. The molecule has 0 radical (unpaired) electrons. The highest BCUT2D eigenvalue weighted by Gasteiger charge is 2.38. The van der Waals surface area contributed by atoms with Gasteiger partial charge in [0.1, 0.15) is 0 Å². The Morgan fingerprint density at radius 2 is 1.64 bits per heavy atom. The van der Waals surface area contributed by atoms with Crippen molar-refractivity contribution in [1.82, 2.24) is 4.90 Å². The van der Waals surface area contributed by atoms with Gasteiger partial charge in [-0.1, -0.05) is 54.6 Å². The van der Waals surface area contributed by atoms with Gasteiger partial charge in [-0.15, -0.1) is 0 Å². The molecule has 2 aliphatic heterocycles. The number of methoxy groups -OCH3 is 1. The molecule has 2 heterocycles. The van der Waals surface area contributed by atoms with Crippen LogP contribution < -0.4 is 14.4 Å². The summed E-state index contributed by atoms with van der Waals surface area (Å²) < 4.78 is 11.9. The van der Waals surface area contributed by atoms with E-state index in [9.17, 15) is 14.4 Å². The Hall–Kier alpha value is -4.91. The first kappa shape index (κ1) is 27.3. The Labute approximate surface area is 245 Å². The van der Waals surface area contributed by atoms with Crippen molar-refractivity contribution in [2.24, 2.45) is 0 Å². The van der Waals surface area contributed by atoms with E-state index in [1.165, 1.54) is 10.5 Å². The highest BCUT2D eigenvalue weighted by molar-refractivity contribution is 6.15. The van der Waals surface area contributed by atoms with E-state index in [4.69, 9.17) is 9.47 Å². The topological polar surface area (TPSA) is 76.2 Å². The first-order chi connectivity index (χ1) is 20.4. The molecular formula is C35H32N2O5. The Kier molecular flexibility index (Phi) is 7.25. The number of fused-ring (bicyclic) bond motifs is 2. The number of aryl methyl sites for hydroxylation is 1. The highest BCUT2D eigenvalue weighted by atomic mass is 16.5. The van der Waals surface area contributed by atoms with Crippen LogP contribution in [0.25, 0.3) is 0 Å². The molecule has 3 amide bonds. The SMILES string of the molecule is COc1ccc(N2C(=O)c3cc(C(=O)N4Cc5ccccc5C4=O)ccc3C2C)cc1OC(C)CCc1ccccc1. The molecule has 0 fully saturated rings. The summed E-state index contributed by atoms with van der Waals surface area (Å²) in [5, 5.41) is 0. The number of hydrogen-bond acceptors (Lipinski definition) is 5. The molecule has 42 heavy (non-hydrogen) atoms. The van der Waals surface area contributed by atoms with Crippen LogP contribution in [-0.4, -0.2) is 35.8 Å². The van der Waals surface area contributed by atoms with Crippen molar-refractivity contribution in [3.8, 4) is 11.5 Å². The van der Waals surface area contributed by atoms with E-state index in [0.717, 1.165) is 24.0 Å². The van der Waals surface area contributed by atoms with Gasteiger partial charge in [0.25, 0.3) is 17.7 Å². The van der Waals surface area contributed by atoms with Crippen LogP contribution in [-0.2, 0) is 13.0 Å². The van der Waals surface area contributed by atoms with Gasteiger partial charge in [-0.3, -0.25) is 19.3 Å². The van der Waals surface area contributed by atoms with Crippen LogP contribution in [0.5, 0.6) is 11.5 Å². The van der Waals surface area contributed by atoms with E-state index in [2.05, 4.69) is 12.1 Å². The highest BCUT2D eigenvalue weighted by Crippen LogP contribution is 2.41. The van der Waals surface area contributed by atoms with E-state index in [-0.39, 0.29) is 30.5 Å². The molecule has 0 saturated heterocycles. The van der Waals surface area contributed by atoms with E-state index < -0.39 is 5.91 Å². The first-order valence-electron chi connectivity index (χ1n) is 14.2. The van der Waals surface area contributed by atoms with E-state index in [1.54, 1.807) is 36.3 Å². The Balaban J connectivity index is 1.21. The standard InChI is InChI=1S/C35H32N2O5/c1-22(13-14-24-9-5-4-6-10-24)42-32-20-27(16-18-31(32)41-3)37-23(2)28-17-15-25(19-30(28)35(37)40)33(38)36-21-26-11-7-8-12-29(26)34(36)39/h4-12,15-20,22-23H,13-14,21H2,1-3H3. The van der Waals surface area contributed by atoms with E-state index in [0.29, 0.717) is 33.9 Å². The molecule has 2 atom stereocenters. The van der Waals surface area contributed by atoms with Gasteiger partial charge in [0.15, 0.2) is 11.5 Å². The molecule has 4 aromatic rings. The number of amides is 3. The third-order valence-electron chi connectivity index (χ3n) is 8.09. The molecule has 0 spiro atoms. The second-order valence-corrected chi connectivity index (χ2v) is 10.8. The minimum Gasteiger partial charge on any atom is -0.493 e. The van der Waals surface area contributed by atoms with Crippen molar-refractivity contribution in [3.05, 3.63) is 124 Å². The minimum atomic E-state index is -0.414. The zero-order chi connectivity index (χ0) is 29.4. The van der Waals surface area contributed by atoms with Crippen molar-refractivity contribution in [1.29, 1.82) is 0 Å². The van der Waals surface area contributed by atoms with Gasteiger partial charge in [-0.05, 0) is 73.7 Å². The Morgan fingerprint density at radius 3 is 2.40 bits per heavy atom. The molecule has 4 aromatic carbocycles. The predicted octanol–water partition coefficient (Wildman–Crippen LogP) is 6.61. The van der Waals surface area contributed by atoms with Crippen LogP contribution in [0.4, 0.5) is 5.69 Å². The molecule has 7 heteroatoms. The quantitative estimate of drug-likeness (QED) is 0.227. The van der Waals surface area contributed by atoms with Crippen LogP contribution in [0.3, 0.4) is 0 Å². The molecule has 0 bridgehead atoms. The van der Waals surface area contributed by atoms with Gasteiger partial charge >= 0.3 is 0 Å². The minimum absolute atomic E-state index is 0.0775. The molecular weight excluding hydrogens is 528 g/mol. The monoisotopic (exact) mass is 560 g/mol. The summed E-state index contributed by atoms with van der Waals surface area (Å²) in [6.07, 6.45) is 1.63. The Bertz CT molecular complexity index is 1680. The number of hydrogen-bond donors (Lipinski definition) is 0. The fourth-order valence-electron chi connectivity index (χ4n) is 5.80. The van der Waals surface area contributed by atoms with Crippen LogP contribution in [0.2, 0.25) is 0 Å². The maximum absolute atomic E-state index is 13.8. The molecule has 2 unspecified atom stereocenters. The number of nitrogens with zero attached hydrogens (tertiary/aromatic N) is 2. The molecule has 0 N–H and O–H groups in total. The summed E-state index contributed by atoms with van der Waals surface area (Å²) in [5.74, 6) is 0.209. The molecule has 0 aliphatic carbocycles. The maximum atomic E-state index is 13.8. The lowest BCUT2D eigenvalue weighted by Crippen LogP contribution is -2.31. The number of ether oxygens (including phenoxy) is 2. The number of benzene rings is 4. The second-order valence-electron chi connectivity index (χ2n) is 10.8. The third kappa shape index (κ3) is 4.91. The van der Waals surface area contributed by atoms with Crippen LogP contribution >= 0.6 is 0 Å². The van der Waals surface area contributed by atoms with Crippen molar-refractivity contribution < 1.29 is 23.9 Å².